The Bertz CT molecular complexity index is 1040. The van der Waals surface area contributed by atoms with Gasteiger partial charge < -0.3 is 5.32 Å². The number of Topliss-reactive ketones (excluding diaryl/α,β-unsaturated/α-hetero) is 1. The van der Waals surface area contributed by atoms with E-state index in [-0.39, 0.29) is 23.7 Å². The molecule has 3 aromatic rings. The van der Waals surface area contributed by atoms with Crippen LogP contribution in [0.4, 0.5) is 5.95 Å². The summed E-state index contributed by atoms with van der Waals surface area (Å²) in [6.45, 7) is 2.10. The van der Waals surface area contributed by atoms with E-state index < -0.39 is 0 Å². The number of aromatic nitrogens is 3. The van der Waals surface area contributed by atoms with Crippen LogP contribution in [0.3, 0.4) is 0 Å². The second-order valence-corrected chi connectivity index (χ2v) is 7.24. The molecule has 1 aliphatic heterocycles. The Kier molecular flexibility index (Phi) is 3.67. The summed E-state index contributed by atoms with van der Waals surface area (Å²) in [6.07, 6.45) is 4.26. The van der Waals surface area contributed by atoms with Crippen molar-refractivity contribution >= 4 is 11.7 Å². The van der Waals surface area contributed by atoms with Gasteiger partial charge in [-0.25, -0.2) is 4.68 Å². The number of hydrogen-bond acceptors (Lipinski definition) is 4. The van der Waals surface area contributed by atoms with Gasteiger partial charge in [-0.1, -0.05) is 60.7 Å². The largest absolute Gasteiger partial charge is 0.328 e. The van der Waals surface area contributed by atoms with Crippen molar-refractivity contribution in [2.45, 2.75) is 25.3 Å². The lowest BCUT2D eigenvalue weighted by Crippen LogP contribution is -2.40. The summed E-state index contributed by atoms with van der Waals surface area (Å²) in [5, 5.41) is 7.75. The molecule has 0 unspecified atom stereocenters. The lowest BCUT2D eigenvalue weighted by molar-refractivity contribution is -0.123. The molecule has 5 nitrogen and oxygen atoms in total. The first-order valence-electron chi connectivity index (χ1n) is 9.24. The topological polar surface area (TPSA) is 59.8 Å². The van der Waals surface area contributed by atoms with Gasteiger partial charge in [-0.05, 0) is 23.6 Å². The molecular weight excluding hydrogens is 336 g/mol. The van der Waals surface area contributed by atoms with Crippen molar-refractivity contribution in [3.8, 4) is 0 Å². The van der Waals surface area contributed by atoms with Crippen LogP contribution in [0.1, 0.15) is 35.1 Å². The molecule has 0 saturated carbocycles. The number of fused-ring (bicyclic) bond motifs is 2. The van der Waals surface area contributed by atoms with E-state index >= 15 is 0 Å². The minimum absolute atomic E-state index is 0.0864. The van der Waals surface area contributed by atoms with E-state index in [1.165, 1.54) is 11.1 Å². The maximum Gasteiger partial charge on any atom is 0.226 e. The number of hydrogen-bond donors (Lipinski definition) is 1. The number of aryl methyl sites for hydroxylation is 1. The fraction of sp³-hybridized carbons (Fsp3) is 0.227. The smallest absolute Gasteiger partial charge is 0.226 e. The van der Waals surface area contributed by atoms with Gasteiger partial charge >= 0.3 is 0 Å². The zero-order chi connectivity index (χ0) is 18.4. The van der Waals surface area contributed by atoms with Crippen LogP contribution in [0.2, 0.25) is 0 Å². The van der Waals surface area contributed by atoms with Crippen molar-refractivity contribution in [3.05, 3.63) is 89.4 Å². The fourth-order valence-corrected chi connectivity index (χ4v) is 4.36. The van der Waals surface area contributed by atoms with Crippen LogP contribution < -0.4 is 5.32 Å². The summed E-state index contributed by atoms with van der Waals surface area (Å²) in [4.78, 5) is 17.6. The number of rotatable bonds is 2. The number of ketones is 1. The van der Waals surface area contributed by atoms with Crippen LogP contribution in [-0.4, -0.2) is 20.5 Å². The number of allylic oxidation sites excluding steroid dienone is 2. The third-order valence-electron chi connectivity index (χ3n) is 5.62. The fourth-order valence-electron chi connectivity index (χ4n) is 4.36. The highest BCUT2D eigenvalue weighted by Gasteiger charge is 2.43. The van der Waals surface area contributed by atoms with E-state index in [0.29, 0.717) is 12.4 Å². The van der Waals surface area contributed by atoms with Gasteiger partial charge in [0.15, 0.2) is 0 Å². The number of nitrogens with zero attached hydrogens (tertiary/aromatic N) is 3. The Balaban J connectivity index is 1.63. The van der Waals surface area contributed by atoms with Gasteiger partial charge in [0.2, 0.25) is 5.95 Å². The number of carbonyl (C=O) groups excluding carboxylic acids is 1. The second-order valence-electron chi connectivity index (χ2n) is 7.24. The third-order valence-corrected chi connectivity index (χ3v) is 5.62. The van der Waals surface area contributed by atoms with E-state index in [4.69, 9.17) is 0 Å². The average Bonchev–Trinajstić information content (AvgIpc) is 3.15. The normalized spacial score (nSPS) is 23.8. The molecule has 0 saturated heterocycles. The van der Waals surface area contributed by atoms with Gasteiger partial charge in [0.1, 0.15) is 12.1 Å². The van der Waals surface area contributed by atoms with E-state index in [1.807, 2.05) is 35.0 Å². The van der Waals surface area contributed by atoms with E-state index in [1.54, 1.807) is 6.33 Å². The molecule has 5 heteroatoms. The van der Waals surface area contributed by atoms with Gasteiger partial charge in [0, 0.05) is 18.0 Å². The monoisotopic (exact) mass is 356 g/mol. The highest BCUT2D eigenvalue weighted by Crippen LogP contribution is 2.44. The first-order valence-corrected chi connectivity index (χ1v) is 9.24. The lowest BCUT2D eigenvalue weighted by Gasteiger charge is -2.38. The van der Waals surface area contributed by atoms with Crippen molar-refractivity contribution in [3.63, 3.8) is 0 Å². The Hall–Kier alpha value is -3.21. The predicted molar refractivity (Wildman–Crippen MR) is 103 cm³/mol. The Morgan fingerprint density at radius 3 is 2.67 bits per heavy atom. The number of anilines is 1. The minimum Gasteiger partial charge on any atom is -0.328 e. The maximum absolute atomic E-state index is 13.3. The Morgan fingerprint density at radius 1 is 1.07 bits per heavy atom. The first kappa shape index (κ1) is 16.0. The van der Waals surface area contributed by atoms with Gasteiger partial charge in [-0.2, -0.15) is 10.1 Å². The molecule has 1 aliphatic carbocycles. The third kappa shape index (κ3) is 2.58. The molecule has 0 amide bonds. The van der Waals surface area contributed by atoms with Crippen LogP contribution in [0.15, 0.2) is 72.7 Å². The zero-order valence-corrected chi connectivity index (χ0v) is 15.0. The van der Waals surface area contributed by atoms with Crippen LogP contribution in [-0.2, 0) is 4.79 Å². The molecule has 3 atom stereocenters. The molecule has 134 valence electrons. The molecule has 2 aliphatic rings. The average molecular weight is 356 g/mol. The summed E-state index contributed by atoms with van der Waals surface area (Å²) in [6, 6.07) is 18.2. The maximum atomic E-state index is 13.3. The first-order chi connectivity index (χ1) is 13.2. The second kappa shape index (κ2) is 6.20. The van der Waals surface area contributed by atoms with Crippen molar-refractivity contribution in [1.82, 2.24) is 14.8 Å². The van der Waals surface area contributed by atoms with Gasteiger partial charge in [0.05, 0.1) is 12.0 Å². The molecule has 27 heavy (non-hydrogen) atoms. The Morgan fingerprint density at radius 2 is 1.85 bits per heavy atom. The molecule has 0 bridgehead atoms. The van der Waals surface area contributed by atoms with Crippen LogP contribution in [0.25, 0.3) is 0 Å². The zero-order valence-electron chi connectivity index (χ0n) is 15.0. The van der Waals surface area contributed by atoms with Crippen LogP contribution >= 0.6 is 0 Å². The summed E-state index contributed by atoms with van der Waals surface area (Å²) < 4.78 is 1.84. The molecule has 5 rings (SSSR count). The standard InChI is InChI=1S/C22H20N4O/c1-14-7-5-6-10-17(14)16-11-18-20(19(27)12-16)21(15-8-3-2-4-9-15)26-22(25-18)23-13-24-26/h2-11,13,16,20-21H,12H2,1H3,(H,23,24,25)/t16-,20-,21-/m1/s1. The number of benzene rings is 2. The SMILES string of the molecule is Cc1ccccc1[C@@H]1C=C2Nc3ncnn3[C@H](c3ccccc3)[C@H]2C(=O)C1. The number of nitrogens with one attached hydrogen (secondary N) is 1. The van der Waals surface area contributed by atoms with E-state index in [0.717, 1.165) is 11.3 Å². The van der Waals surface area contributed by atoms with E-state index in [2.05, 4.69) is 52.7 Å². The van der Waals surface area contributed by atoms with E-state index in [9.17, 15) is 4.79 Å². The van der Waals surface area contributed by atoms with Crippen molar-refractivity contribution < 1.29 is 4.79 Å². The predicted octanol–water partition coefficient (Wildman–Crippen LogP) is 3.86. The van der Waals surface area contributed by atoms with Crippen molar-refractivity contribution in [2.24, 2.45) is 5.92 Å². The van der Waals surface area contributed by atoms with Crippen molar-refractivity contribution in [1.29, 1.82) is 0 Å². The molecule has 0 spiro atoms. The van der Waals surface area contributed by atoms with Crippen molar-refractivity contribution in [2.75, 3.05) is 5.32 Å². The summed E-state index contributed by atoms with van der Waals surface area (Å²) in [5.74, 6) is 0.748. The van der Waals surface area contributed by atoms with Gasteiger partial charge in [0.25, 0.3) is 0 Å². The van der Waals surface area contributed by atoms with Gasteiger partial charge in [-0.3, -0.25) is 4.79 Å². The number of carbonyl (C=O) groups is 1. The van der Waals surface area contributed by atoms with Crippen LogP contribution in [0.5, 0.6) is 0 Å². The quantitative estimate of drug-likeness (QED) is 0.757. The summed E-state index contributed by atoms with van der Waals surface area (Å²) in [5.41, 5.74) is 4.43. The van der Waals surface area contributed by atoms with Gasteiger partial charge in [-0.15, -0.1) is 0 Å². The minimum atomic E-state index is -0.262. The molecule has 2 heterocycles. The highest BCUT2D eigenvalue weighted by molar-refractivity contribution is 5.88. The molecule has 0 radical (unpaired) electrons. The Labute approximate surface area is 157 Å². The molecule has 2 aromatic carbocycles. The summed E-state index contributed by atoms with van der Waals surface area (Å²) in [7, 11) is 0. The molecule has 0 fully saturated rings. The molecular formula is C22H20N4O. The highest BCUT2D eigenvalue weighted by atomic mass is 16.1. The molecule has 1 aromatic heterocycles. The molecule has 1 N–H and O–H groups in total. The summed E-state index contributed by atoms with van der Waals surface area (Å²) >= 11 is 0. The lowest BCUT2D eigenvalue weighted by atomic mass is 9.75. The van der Waals surface area contributed by atoms with Crippen LogP contribution in [0, 0.1) is 12.8 Å².